The molecule has 2 aromatic carbocycles. The molecule has 4 N–H and O–H groups in total. The minimum absolute atomic E-state index is 0.306. The van der Waals surface area contributed by atoms with Gasteiger partial charge in [0.1, 0.15) is 5.75 Å². The fourth-order valence-electron chi connectivity index (χ4n) is 3.39. The summed E-state index contributed by atoms with van der Waals surface area (Å²) in [6.45, 7) is 1.63. The summed E-state index contributed by atoms with van der Waals surface area (Å²) in [5.41, 5.74) is 3.60. The molecule has 1 atom stereocenters. The maximum absolute atomic E-state index is 12.8. The van der Waals surface area contributed by atoms with E-state index in [1.807, 2.05) is 24.3 Å². The summed E-state index contributed by atoms with van der Waals surface area (Å²) in [4.78, 5) is 37.6. The van der Waals surface area contributed by atoms with Gasteiger partial charge in [-0.15, -0.1) is 0 Å². The van der Waals surface area contributed by atoms with Crippen LogP contribution in [-0.2, 0) is 9.59 Å². The van der Waals surface area contributed by atoms with Gasteiger partial charge in [0.15, 0.2) is 6.04 Å². The van der Waals surface area contributed by atoms with Gasteiger partial charge in [-0.1, -0.05) is 24.3 Å². The van der Waals surface area contributed by atoms with Crippen molar-refractivity contribution < 1.29 is 24.3 Å². The van der Waals surface area contributed by atoms with Crippen LogP contribution in [-0.4, -0.2) is 67.2 Å². The number of nitrogens with zero attached hydrogens (tertiary/aromatic N) is 1. The molecule has 33 heavy (non-hydrogen) atoms. The Kier molecular flexibility index (Phi) is 8.39. The number of benzene rings is 2. The Labute approximate surface area is 193 Å². The van der Waals surface area contributed by atoms with Gasteiger partial charge >= 0.3 is 0 Å². The Morgan fingerprint density at radius 2 is 1.64 bits per heavy atom. The van der Waals surface area contributed by atoms with Gasteiger partial charge in [-0.2, -0.15) is 0 Å². The minimum Gasteiger partial charge on any atom is -0.494 e. The molecular weight excluding hydrogens is 424 g/mol. The number of amides is 3. The lowest BCUT2D eigenvalue weighted by atomic mass is 10.0. The smallest absolute Gasteiger partial charge is 0.275 e. The Morgan fingerprint density at radius 3 is 2.18 bits per heavy atom. The number of nitrogens with one attached hydrogen (secondary N) is 3. The van der Waals surface area contributed by atoms with Crippen LogP contribution in [0, 0.1) is 0 Å². The zero-order valence-electron chi connectivity index (χ0n) is 18.8. The lowest BCUT2D eigenvalue weighted by Crippen LogP contribution is -2.54. The van der Waals surface area contributed by atoms with Crippen LogP contribution in [0.4, 0.5) is 0 Å². The van der Waals surface area contributed by atoms with Gasteiger partial charge < -0.3 is 20.3 Å². The Bertz CT molecular complexity index is 942. The molecule has 0 heterocycles. The second-order valence-corrected chi connectivity index (χ2v) is 7.94. The lowest BCUT2D eigenvalue weighted by Gasteiger charge is -2.25. The molecule has 0 aliphatic heterocycles. The summed E-state index contributed by atoms with van der Waals surface area (Å²) in [5, 5.41) is 14.7. The second-order valence-electron chi connectivity index (χ2n) is 7.94. The van der Waals surface area contributed by atoms with Gasteiger partial charge in [0.05, 0.1) is 6.61 Å². The van der Waals surface area contributed by atoms with E-state index in [2.05, 4.69) is 10.6 Å². The minimum atomic E-state index is -1.50. The highest BCUT2D eigenvalue weighted by molar-refractivity contribution is 6.08. The number of rotatable bonds is 11. The molecule has 3 amide bonds. The summed E-state index contributed by atoms with van der Waals surface area (Å²) in [5.74, 6) is -1.43. The first-order valence-electron chi connectivity index (χ1n) is 10.9. The van der Waals surface area contributed by atoms with Crippen LogP contribution in [0.25, 0.3) is 11.1 Å². The zero-order valence-corrected chi connectivity index (χ0v) is 18.8. The molecule has 0 bridgehead atoms. The SMILES string of the molecule is CNC(=O)C(C(=O)NO)N(C)C(=O)c1ccc(-c2ccc(OCCCNC3CC3)cc2)cc1. The number of hydrogen-bond donors (Lipinski definition) is 4. The first-order chi connectivity index (χ1) is 15.9. The maximum Gasteiger partial charge on any atom is 0.275 e. The quantitative estimate of drug-likeness (QED) is 0.177. The molecule has 2 aromatic rings. The van der Waals surface area contributed by atoms with E-state index in [0.717, 1.165) is 34.7 Å². The van der Waals surface area contributed by atoms with Gasteiger partial charge in [-0.05, 0) is 61.2 Å². The predicted molar refractivity (Wildman–Crippen MR) is 123 cm³/mol. The average Bonchev–Trinajstić information content (AvgIpc) is 3.68. The van der Waals surface area contributed by atoms with E-state index < -0.39 is 23.8 Å². The monoisotopic (exact) mass is 454 g/mol. The Balaban J connectivity index is 1.58. The van der Waals surface area contributed by atoms with E-state index in [-0.39, 0.29) is 0 Å². The Hall–Kier alpha value is -3.43. The molecule has 1 unspecified atom stereocenters. The van der Waals surface area contributed by atoms with Gasteiger partial charge in [-0.25, -0.2) is 5.48 Å². The van der Waals surface area contributed by atoms with Crippen molar-refractivity contribution in [3.63, 3.8) is 0 Å². The van der Waals surface area contributed by atoms with Crippen molar-refractivity contribution >= 4 is 17.7 Å². The topological polar surface area (TPSA) is 120 Å². The van der Waals surface area contributed by atoms with Gasteiger partial charge in [0, 0.05) is 25.7 Å². The third kappa shape index (κ3) is 6.53. The van der Waals surface area contributed by atoms with Gasteiger partial charge in [0.2, 0.25) is 0 Å². The van der Waals surface area contributed by atoms with Crippen LogP contribution < -0.4 is 20.9 Å². The summed E-state index contributed by atoms with van der Waals surface area (Å²) in [6.07, 6.45) is 3.53. The van der Waals surface area contributed by atoms with Crippen molar-refractivity contribution in [2.75, 3.05) is 27.2 Å². The van der Waals surface area contributed by atoms with Crippen LogP contribution in [0.5, 0.6) is 5.75 Å². The van der Waals surface area contributed by atoms with Crippen molar-refractivity contribution in [3.8, 4) is 16.9 Å². The molecule has 1 saturated carbocycles. The van der Waals surface area contributed by atoms with E-state index >= 15 is 0 Å². The molecule has 0 radical (unpaired) electrons. The highest BCUT2D eigenvalue weighted by Gasteiger charge is 2.33. The first kappa shape index (κ1) is 24.2. The average molecular weight is 455 g/mol. The first-order valence-corrected chi connectivity index (χ1v) is 10.9. The van der Waals surface area contributed by atoms with Crippen molar-refractivity contribution in [1.29, 1.82) is 0 Å². The number of ether oxygens (including phenoxy) is 1. The number of hydrogen-bond acceptors (Lipinski definition) is 6. The molecule has 0 saturated heterocycles. The van der Waals surface area contributed by atoms with E-state index in [0.29, 0.717) is 18.2 Å². The van der Waals surface area contributed by atoms with E-state index in [1.165, 1.54) is 32.4 Å². The van der Waals surface area contributed by atoms with Crippen LogP contribution in [0.15, 0.2) is 48.5 Å². The zero-order chi connectivity index (χ0) is 23.8. The maximum atomic E-state index is 12.8. The highest BCUT2D eigenvalue weighted by atomic mass is 16.5. The lowest BCUT2D eigenvalue weighted by molar-refractivity contribution is -0.140. The summed E-state index contributed by atoms with van der Waals surface area (Å²) >= 11 is 0. The van der Waals surface area contributed by atoms with Crippen LogP contribution in [0.3, 0.4) is 0 Å². The predicted octanol–water partition coefficient (Wildman–Crippen LogP) is 1.57. The number of likely N-dealkylation sites (N-methyl/N-ethyl adjacent to an activating group) is 2. The third-order valence-electron chi connectivity index (χ3n) is 5.48. The van der Waals surface area contributed by atoms with Crippen LogP contribution >= 0.6 is 0 Å². The van der Waals surface area contributed by atoms with Crippen molar-refractivity contribution in [2.45, 2.75) is 31.3 Å². The second kappa shape index (κ2) is 11.4. The molecule has 0 aromatic heterocycles. The fourth-order valence-corrected chi connectivity index (χ4v) is 3.39. The number of carbonyl (C=O) groups is 3. The highest BCUT2D eigenvalue weighted by Crippen LogP contribution is 2.23. The van der Waals surface area contributed by atoms with Crippen LogP contribution in [0.2, 0.25) is 0 Å². The van der Waals surface area contributed by atoms with Crippen molar-refractivity contribution in [1.82, 2.24) is 21.0 Å². The van der Waals surface area contributed by atoms with Gasteiger partial charge in [0.25, 0.3) is 17.7 Å². The van der Waals surface area contributed by atoms with Crippen molar-refractivity contribution in [3.05, 3.63) is 54.1 Å². The molecule has 1 aliphatic carbocycles. The molecule has 0 spiro atoms. The number of hydroxylamine groups is 1. The summed E-state index contributed by atoms with van der Waals surface area (Å²) in [6, 6.07) is 13.8. The molecule has 3 rings (SSSR count). The normalized spacial score (nSPS) is 13.7. The molecule has 176 valence electrons. The third-order valence-corrected chi connectivity index (χ3v) is 5.48. The number of carbonyl (C=O) groups excluding carboxylic acids is 3. The largest absolute Gasteiger partial charge is 0.494 e. The van der Waals surface area contributed by atoms with E-state index in [1.54, 1.807) is 24.3 Å². The summed E-state index contributed by atoms with van der Waals surface area (Å²) in [7, 11) is 2.67. The molecular formula is C24H30N4O5. The van der Waals surface area contributed by atoms with Gasteiger partial charge in [-0.3, -0.25) is 19.6 Å². The summed E-state index contributed by atoms with van der Waals surface area (Å²) < 4.78 is 5.78. The molecule has 1 aliphatic rings. The van der Waals surface area contributed by atoms with Crippen molar-refractivity contribution in [2.24, 2.45) is 0 Å². The molecule has 1 fully saturated rings. The fraction of sp³-hybridized carbons (Fsp3) is 0.375. The van der Waals surface area contributed by atoms with E-state index in [9.17, 15) is 14.4 Å². The Morgan fingerprint density at radius 1 is 1.03 bits per heavy atom. The molecule has 9 heteroatoms. The van der Waals surface area contributed by atoms with Crippen LogP contribution in [0.1, 0.15) is 29.6 Å². The van der Waals surface area contributed by atoms with E-state index in [4.69, 9.17) is 9.94 Å². The standard InChI is InChI=1S/C24H30N4O5/c1-25-22(29)21(23(30)27-32)28(2)24(31)18-6-4-16(5-7-18)17-8-12-20(13-9-17)33-15-3-14-26-19-10-11-19/h4-9,12-13,19,21,26,32H,3,10-11,14-15H2,1-2H3,(H,25,29)(H,27,30). The molecule has 9 nitrogen and oxygen atoms in total.